The van der Waals surface area contributed by atoms with Crippen molar-refractivity contribution in [3.63, 3.8) is 0 Å². The summed E-state index contributed by atoms with van der Waals surface area (Å²) in [5.41, 5.74) is 1.65. The SMILES string of the molecule is O=C(COC(=O)[C@H]1CC(=O)N(Cc2ccccc2)C1)Nc1ccccc1. The first-order valence-corrected chi connectivity index (χ1v) is 8.45. The molecule has 2 amide bonds. The van der Waals surface area contributed by atoms with Gasteiger partial charge in [0.05, 0.1) is 5.92 Å². The lowest BCUT2D eigenvalue weighted by atomic mass is 10.1. The van der Waals surface area contributed by atoms with Gasteiger partial charge in [0, 0.05) is 25.2 Å². The third kappa shape index (κ3) is 4.69. The summed E-state index contributed by atoms with van der Waals surface area (Å²) >= 11 is 0. The smallest absolute Gasteiger partial charge is 0.311 e. The van der Waals surface area contributed by atoms with Crippen LogP contribution in [-0.2, 0) is 25.7 Å². The van der Waals surface area contributed by atoms with Gasteiger partial charge in [-0.1, -0.05) is 48.5 Å². The van der Waals surface area contributed by atoms with Crippen LogP contribution >= 0.6 is 0 Å². The molecule has 1 N–H and O–H groups in total. The van der Waals surface area contributed by atoms with E-state index in [-0.39, 0.29) is 18.9 Å². The number of hydrogen-bond donors (Lipinski definition) is 1. The minimum absolute atomic E-state index is 0.0791. The summed E-state index contributed by atoms with van der Waals surface area (Å²) in [4.78, 5) is 37.8. The van der Waals surface area contributed by atoms with Crippen molar-refractivity contribution in [2.24, 2.45) is 5.92 Å². The Labute approximate surface area is 151 Å². The predicted octanol–water partition coefficient (Wildman–Crippen LogP) is 2.22. The first kappa shape index (κ1) is 17.7. The van der Waals surface area contributed by atoms with Crippen molar-refractivity contribution in [3.8, 4) is 0 Å². The maximum Gasteiger partial charge on any atom is 0.311 e. The number of benzene rings is 2. The van der Waals surface area contributed by atoms with Crippen molar-refractivity contribution in [2.45, 2.75) is 13.0 Å². The van der Waals surface area contributed by atoms with E-state index in [2.05, 4.69) is 5.32 Å². The van der Waals surface area contributed by atoms with Gasteiger partial charge in [0.25, 0.3) is 5.91 Å². The van der Waals surface area contributed by atoms with Gasteiger partial charge in [0.2, 0.25) is 5.91 Å². The molecular formula is C20H20N2O4. The van der Waals surface area contributed by atoms with E-state index in [9.17, 15) is 14.4 Å². The number of ether oxygens (including phenoxy) is 1. The molecule has 134 valence electrons. The number of anilines is 1. The Kier molecular flexibility index (Phi) is 5.63. The van der Waals surface area contributed by atoms with Gasteiger partial charge in [-0.25, -0.2) is 0 Å². The highest BCUT2D eigenvalue weighted by Crippen LogP contribution is 2.21. The Bertz CT molecular complexity index is 777. The Morgan fingerprint density at radius 1 is 1.04 bits per heavy atom. The van der Waals surface area contributed by atoms with Crippen molar-refractivity contribution in [3.05, 3.63) is 66.2 Å². The van der Waals surface area contributed by atoms with E-state index in [0.29, 0.717) is 18.8 Å². The molecule has 1 fully saturated rings. The third-order valence-electron chi connectivity index (χ3n) is 4.17. The van der Waals surface area contributed by atoms with Gasteiger partial charge in [-0.05, 0) is 17.7 Å². The highest BCUT2D eigenvalue weighted by Gasteiger charge is 2.35. The molecule has 1 aliphatic heterocycles. The van der Waals surface area contributed by atoms with Gasteiger partial charge < -0.3 is 15.0 Å². The molecule has 0 bridgehead atoms. The molecule has 6 heteroatoms. The van der Waals surface area contributed by atoms with Crippen LogP contribution in [0.2, 0.25) is 0 Å². The molecule has 2 aromatic carbocycles. The third-order valence-corrected chi connectivity index (χ3v) is 4.17. The molecule has 0 aliphatic carbocycles. The first-order chi connectivity index (χ1) is 12.6. The number of rotatable bonds is 6. The number of para-hydroxylation sites is 1. The predicted molar refractivity (Wildman–Crippen MR) is 96.0 cm³/mol. The summed E-state index contributed by atoms with van der Waals surface area (Å²) in [6.45, 7) is 0.419. The molecule has 2 aromatic rings. The molecule has 1 atom stereocenters. The summed E-state index contributed by atoms with van der Waals surface area (Å²) in [6, 6.07) is 18.5. The van der Waals surface area contributed by atoms with Gasteiger partial charge in [-0.15, -0.1) is 0 Å². The van der Waals surface area contributed by atoms with Crippen LogP contribution in [0.1, 0.15) is 12.0 Å². The summed E-state index contributed by atoms with van der Waals surface area (Å²) in [5.74, 6) is -1.53. The minimum Gasteiger partial charge on any atom is -0.455 e. The molecule has 1 saturated heterocycles. The normalized spacial score (nSPS) is 16.4. The number of esters is 1. The van der Waals surface area contributed by atoms with E-state index >= 15 is 0 Å². The molecule has 0 aromatic heterocycles. The van der Waals surface area contributed by atoms with Gasteiger partial charge in [0.1, 0.15) is 0 Å². The number of carbonyl (C=O) groups is 3. The monoisotopic (exact) mass is 352 g/mol. The lowest BCUT2D eigenvalue weighted by Gasteiger charge is -2.16. The second kappa shape index (κ2) is 8.29. The maximum absolute atomic E-state index is 12.2. The zero-order valence-corrected chi connectivity index (χ0v) is 14.3. The standard InChI is InChI=1S/C20H20N2O4/c23-18(21-17-9-5-2-6-10-17)14-26-20(25)16-11-19(24)22(13-16)12-15-7-3-1-4-8-15/h1-10,16H,11-14H2,(H,21,23)/t16-/m0/s1. The lowest BCUT2D eigenvalue weighted by Crippen LogP contribution is -2.28. The van der Waals surface area contributed by atoms with Crippen LogP contribution in [0.25, 0.3) is 0 Å². The second-order valence-electron chi connectivity index (χ2n) is 6.18. The van der Waals surface area contributed by atoms with Crippen molar-refractivity contribution in [2.75, 3.05) is 18.5 Å². The molecule has 0 unspecified atom stereocenters. The Balaban J connectivity index is 1.46. The van der Waals surface area contributed by atoms with E-state index in [1.54, 1.807) is 29.2 Å². The number of carbonyl (C=O) groups excluding carboxylic acids is 3. The van der Waals surface area contributed by atoms with Crippen LogP contribution in [0.5, 0.6) is 0 Å². The topological polar surface area (TPSA) is 75.7 Å². The lowest BCUT2D eigenvalue weighted by molar-refractivity contribution is -0.151. The first-order valence-electron chi connectivity index (χ1n) is 8.45. The number of amides is 2. The molecule has 0 radical (unpaired) electrons. The summed E-state index contributed by atoms with van der Waals surface area (Å²) in [5, 5.41) is 2.64. The van der Waals surface area contributed by atoms with E-state index in [4.69, 9.17) is 4.74 Å². The number of nitrogens with zero attached hydrogens (tertiary/aromatic N) is 1. The zero-order valence-electron chi connectivity index (χ0n) is 14.3. The van der Waals surface area contributed by atoms with Gasteiger partial charge >= 0.3 is 5.97 Å². The van der Waals surface area contributed by atoms with E-state index in [1.807, 2.05) is 36.4 Å². The van der Waals surface area contributed by atoms with Crippen LogP contribution in [0, 0.1) is 5.92 Å². The van der Waals surface area contributed by atoms with Gasteiger partial charge in [0.15, 0.2) is 6.61 Å². The van der Waals surface area contributed by atoms with Crippen molar-refractivity contribution in [1.29, 1.82) is 0 Å². The van der Waals surface area contributed by atoms with E-state index < -0.39 is 17.8 Å². The molecule has 0 spiro atoms. The molecule has 1 aliphatic rings. The molecular weight excluding hydrogens is 332 g/mol. The van der Waals surface area contributed by atoms with Crippen LogP contribution < -0.4 is 5.32 Å². The fourth-order valence-electron chi connectivity index (χ4n) is 2.86. The average molecular weight is 352 g/mol. The van der Waals surface area contributed by atoms with Crippen LogP contribution in [-0.4, -0.2) is 35.8 Å². The number of likely N-dealkylation sites (tertiary alicyclic amines) is 1. The Morgan fingerprint density at radius 2 is 1.69 bits per heavy atom. The highest BCUT2D eigenvalue weighted by atomic mass is 16.5. The van der Waals surface area contributed by atoms with Crippen molar-refractivity contribution < 1.29 is 19.1 Å². The zero-order chi connectivity index (χ0) is 18.4. The van der Waals surface area contributed by atoms with E-state index in [1.165, 1.54) is 0 Å². The Hall–Kier alpha value is -3.15. The highest BCUT2D eigenvalue weighted by molar-refractivity contribution is 5.93. The van der Waals surface area contributed by atoms with Crippen molar-refractivity contribution >= 4 is 23.5 Å². The van der Waals surface area contributed by atoms with Crippen molar-refractivity contribution in [1.82, 2.24) is 4.90 Å². The molecule has 26 heavy (non-hydrogen) atoms. The number of nitrogens with one attached hydrogen (secondary N) is 1. The Morgan fingerprint density at radius 3 is 2.38 bits per heavy atom. The summed E-state index contributed by atoms with van der Waals surface area (Å²) in [6.07, 6.45) is 0.117. The van der Waals surface area contributed by atoms with Crippen LogP contribution in [0.15, 0.2) is 60.7 Å². The van der Waals surface area contributed by atoms with Gasteiger partial charge in [-0.2, -0.15) is 0 Å². The van der Waals surface area contributed by atoms with Crippen LogP contribution in [0.4, 0.5) is 5.69 Å². The average Bonchev–Trinajstić information content (AvgIpc) is 3.02. The molecule has 3 rings (SSSR count). The maximum atomic E-state index is 12.2. The molecule has 6 nitrogen and oxygen atoms in total. The molecule has 0 saturated carbocycles. The van der Waals surface area contributed by atoms with Gasteiger partial charge in [-0.3, -0.25) is 14.4 Å². The quantitative estimate of drug-likeness (QED) is 0.809. The minimum atomic E-state index is -0.532. The fraction of sp³-hybridized carbons (Fsp3) is 0.250. The van der Waals surface area contributed by atoms with Crippen LogP contribution in [0.3, 0.4) is 0 Å². The molecule has 1 heterocycles. The van der Waals surface area contributed by atoms with E-state index in [0.717, 1.165) is 5.56 Å². The largest absolute Gasteiger partial charge is 0.455 e. The second-order valence-corrected chi connectivity index (χ2v) is 6.18. The summed E-state index contributed by atoms with van der Waals surface area (Å²) in [7, 11) is 0. The summed E-state index contributed by atoms with van der Waals surface area (Å²) < 4.78 is 5.08. The number of hydrogen-bond acceptors (Lipinski definition) is 4. The fourth-order valence-corrected chi connectivity index (χ4v) is 2.86.